The lowest BCUT2D eigenvalue weighted by Gasteiger charge is -2.34. The molecule has 1 aromatic rings. The number of benzene rings is 1. The van der Waals surface area contributed by atoms with Gasteiger partial charge >= 0.3 is 0 Å². The van der Waals surface area contributed by atoms with Crippen LogP contribution in [0.1, 0.15) is 37.8 Å². The van der Waals surface area contributed by atoms with Crippen LogP contribution in [0.3, 0.4) is 0 Å². The second-order valence-corrected chi connectivity index (χ2v) is 6.12. The summed E-state index contributed by atoms with van der Waals surface area (Å²) in [4.78, 5) is 14.2. The van der Waals surface area contributed by atoms with E-state index in [0.717, 1.165) is 36.5 Å². The van der Waals surface area contributed by atoms with Crippen LogP contribution < -0.4 is 10.1 Å². The summed E-state index contributed by atoms with van der Waals surface area (Å²) in [7, 11) is 0. The fraction of sp³-hybridized carbons (Fsp3) is 0.588. The summed E-state index contributed by atoms with van der Waals surface area (Å²) in [6.07, 6.45) is 0. The van der Waals surface area contributed by atoms with Crippen molar-refractivity contribution in [2.24, 2.45) is 0 Å². The molecule has 1 amide bonds. The van der Waals surface area contributed by atoms with Gasteiger partial charge in [0.2, 0.25) is 0 Å². The van der Waals surface area contributed by atoms with Crippen LogP contribution in [-0.2, 0) is 4.79 Å². The molecule has 1 atom stereocenters. The summed E-state index contributed by atoms with van der Waals surface area (Å²) in [6, 6.07) is 6.43. The van der Waals surface area contributed by atoms with Gasteiger partial charge in [0.05, 0.1) is 0 Å². The Balaban J connectivity index is 0.00000242. The molecule has 1 saturated heterocycles. The zero-order valence-electron chi connectivity index (χ0n) is 13.9. The maximum atomic E-state index is 12.3. The van der Waals surface area contributed by atoms with Crippen molar-refractivity contribution in [3.63, 3.8) is 0 Å². The first-order valence-electron chi connectivity index (χ1n) is 7.72. The van der Waals surface area contributed by atoms with Crippen molar-refractivity contribution in [2.75, 3.05) is 26.2 Å². The number of nitrogens with one attached hydrogen (secondary N) is 1. The Morgan fingerprint density at radius 2 is 2.18 bits per heavy atom. The Morgan fingerprint density at radius 3 is 2.82 bits per heavy atom. The van der Waals surface area contributed by atoms with E-state index in [0.29, 0.717) is 5.92 Å². The van der Waals surface area contributed by atoms with Crippen LogP contribution in [0, 0.1) is 6.92 Å². The van der Waals surface area contributed by atoms with Crippen LogP contribution in [0.5, 0.6) is 5.75 Å². The van der Waals surface area contributed by atoms with Gasteiger partial charge in [0.15, 0.2) is 6.61 Å². The molecule has 0 bridgehead atoms. The lowest BCUT2D eigenvalue weighted by Crippen LogP contribution is -2.53. The van der Waals surface area contributed by atoms with Gasteiger partial charge in [-0.3, -0.25) is 4.79 Å². The molecule has 5 heteroatoms. The molecule has 1 N–H and O–H groups in total. The number of hydrogen-bond acceptors (Lipinski definition) is 3. The van der Waals surface area contributed by atoms with Crippen LogP contribution in [-0.4, -0.2) is 43.1 Å². The second kappa shape index (κ2) is 8.39. The smallest absolute Gasteiger partial charge is 0.260 e. The Labute approximate surface area is 139 Å². The van der Waals surface area contributed by atoms with E-state index in [2.05, 4.69) is 38.2 Å². The molecule has 2 rings (SSSR count). The van der Waals surface area contributed by atoms with E-state index < -0.39 is 0 Å². The van der Waals surface area contributed by atoms with Gasteiger partial charge in [-0.25, -0.2) is 0 Å². The van der Waals surface area contributed by atoms with Crippen molar-refractivity contribution in [3.05, 3.63) is 29.3 Å². The molecule has 0 aromatic heterocycles. The number of carbonyl (C=O) groups is 1. The van der Waals surface area contributed by atoms with Crippen molar-refractivity contribution in [1.82, 2.24) is 10.2 Å². The summed E-state index contributed by atoms with van der Waals surface area (Å²) in [5.74, 6) is 1.29. The standard InChI is InChI=1S/C17H26N2O2.ClH/c1-12(2)15-6-5-13(3)9-16(15)21-11-17(20)19-8-7-18-10-14(19)4;/h5-6,9,12,14,18H,7-8,10-11H2,1-4H3;1H/t14-;/m0./s1. The molecule has 0 aliphatic carbocycles. The number of piperazine rings is 1. The van der Waals surface area contributed by atoms with Gasteiger partial charge in [0.1, 0.15) is 5.75 Å². The van der Waals surface area contributed by atoms with E-state index in [9.17, 15) is 4.79 Å². The van der Waals surface area contributed by atoms with Crippen LogP contribution >= 0.6 is 12.4 Å². The van der Waals surface area contributed by atoms with Gasteiger partial charge in [0, 0.05) is 25.7 Å². The molecular weight excluding hydrogens is 300 g/mol. The minimum atomic E-state index is 0. The molecule has 0 spiro atoms. The van der Waals surface area contributed by atoms with Crippen molar-refractivity contribution in [3.8, 4) is 5.75 Å². The first-order chi connectivity index (χ1) is 9.99. The Hall–Kier alpha value is -1.26. The van der Waals surface area contributed by atoms with E-state index in [-0.39, 0.29) is 31.0 Å². The number of aryl methyl sites for hydroxylation is 1. The summed E-state index contributed by atoms with van der Waals surface area (Å²) >= 11 is 0. The minimum Gasteiger partial charge on any atom is -0.483 e. The zero-order valence-corrected chi connectivity index (χ0v) is 14.7. The quantitative estimate of drug-likeness (QED) is 0.925. The highest BCUT2D eigenvalue weighted by Crippen LogP contribution is 2.27. The monoisotopic (exact) mass is 326 g/mol. The van der Waals surface area contributed by atoms with Gasteiger partial charge in [-0.1, -0.05) is 26.0 Å². The zero-order chi connectivity index (χ0) is 15.4. The van der Waals surface area contributed by atoms with Gasteiger partial charge in [0.25, 0.3) is 5.91 Å². The number of hydrogen-bond donors (Lipinski definition) is 1. The summed E-state index contributed by atoms with van der Waals surface area (Å²) in [6.45, 7) is 11.0. The highest BCUT2D eigenvalue weighted by Gasteiger charge is 2.23. The molecule has 1 aliphatic rings. The average molecular weight is 327 g/mol. The lowest BCUT2D eigenvalue weighted by molar-refractivity contribution is -0.136. The molecule has 1 fully saturated rings. The maximum absolute atomic E-state index is 12.3. The molecule has 1 aliphatic heterocycles. The van der Waals surface area contributed by atoms with Gasteiger partial charge in [-0.05, 0) is 37.0 Å². The third-order valence-electron chi connectivity index (χ3n) is 3.96. The molecule has 124 valence electrons. The normalized spacial score (nSPS) is 18.0. The van der Waals surface area contributed by atoms with Crippen molar-refractivity contribution in [1.29, 1.82) is 0 Å². The van der Waals surface area contributed by atoms with Crippen LogP contribution in [0.4, 0.5) is 0 Å². The Kier molecular flexibility index (Phi) is 7.17. The molecule has 0 saturated carbocycles. The fourth-order valence-electron chi connectivity index (χ4n) is 2.68. The Morgan fingerprint density at radius 1 is 1.45 bits per heavy atom. The first kappa shape index (κ1) is 18.8. The summed E-state index contributed by atoms with van der Waals surface area (Å²) in [5, 5.41) is 3.29. The molecule has 22 heavy (non-hydrogen) atoms. The van der Waals surface area contributed by atoms with Crippen LogP contribution in [0.25, 0.3) is 0 Å². The maximum Gasteiger partial charge on any atom is 0.260 e. The van der Waals surface area contributed by atoms with Crippen molar-refractivity contribution in [2.45, 2.75) is 39.7 Å². The van der Waals surface area contributed by atoms with Gasteiger partial charge < -0.3 is 15.0 Å². The van der Waals surface area contributed by atoms with E-state index in [1.54, 1.807) is 0 Å². The van der Waals surface area contributed by atoms with E-state index >= 15 is 0 Å². The van der Waals surface area contributed by atoms with Gasteiger partial charge in [-0.2, -0.15) is 0 Å². The highest BCUT2D eigenvalue weighted by molar-refractivity contribution is 5.85. The number of carbonyl (C=O) groups excluding carboxylic acids is 1. The van der Waals surface area contributed by atoms with E-state index in [1.165, 1.54) is 0 Å². The fourth-order valence-corrected chi connectivity index (χ4v) is 2.68. The molecular formula is C17H27ClN2O2. The van der Waals surface area contributed by atoms with E-state index in [1.807, 2.05) is 17.9 Å². The third-order valence-corrected chi connectivity index (χ3v) is 3.96. The molecule has 0 unspecified atom stereocenters. The number of rotatable bonds is 4. The lowest BCUT2D eigenvalue weighted by atomic mass is 10.0. The van der Waals surface area contributed by atoms with Gasteiger partial charge in [-0.15, -0.1) is 12.4 Å². The minimum absolute atomic E-state index is 0. The number of ether oxygens (including phenoxy) is 1. The molecule has 1 heterocycles. The number of amides is 1. The second-order valence-electron chi connectivity index (χ2n) is 6.12. The SMILES string of the molecule is Cc1ccc(C(C)C)c(OCC(=O)N2CCNC[C@@H]2C)c1.Cl. The first-order valence-corrected chi connectivity index (χ1v) is 7.72. The van der Waals surface area contributed by atoms with Crippen LogP contribution in [0.2, 0.25) is 0 Å². The number of halogens is 1. The largest absolute Gasteiger partial charge is 0.483 e. The summed E-state index contributed by atoms with van der Waals surface area (Å²) in [5.41, 5.74) is 2.30. The molecule has 4 nitrogen and oxygen atoms in total. The number of nitrogens with zero attached hydrogens (tertiary/aromatic N) is 1. The predicted octanol–water partition coefficient (Wildman–Crippen LogP) is 2.74. The highest BCUT2D eigenvalue weighted by atomic mass is 35.5. The van der Waals surface area contributed by atoms with Crippen molar-refractivity contribution >= 4 is 18.3 Å². The predicted molar refractivity (Wildman–Crippen MR) is 92.1 cm³/mol. The van der Waals surface area contributed by atoms with Crippen molar-refractivity contribution < 1.29 is 9.53 Å². The third kappa shape index (κ3) is 4.62. The average Bonchev–Trinajstić information content (AvgIpc) is 2.45. The molecule has 0 radical (unpaired) electrons. The van der Waals surface area contributed by atoms with Crippen LogP contribution in [0.15, 0.2) is 18.2 Å². The molecule has 1 aromatic carbocycles. The Bertz CT molecular complexity index is 505. The summed E-state index contributed by atoms with van der Waals surface area (Å²) < 4.78 is 5.83. The topological polar surface area (TPSA) is 41.6 Å². The van der Waals surface area contributed by atoms with E-state index in [4.69, 9.17) is 4.74 Å².